The third-order valence-corrected chi connectivity index (χ3v) is 5.68. The minimum atomic E-state index is -3.95. The fraction of sp³-hybridized carbons (Fsp3) is 0.600. The van der Waals surface area contributed by atoms with Crippen molar-refractivity contribution >= 4 is 32.4 Å². The summed E-state index contributed by atoms with van der Waals surface area (Å²) in [4.78, 5) is 14.9. The van der Waals surface area contributed by atoms with Crippen molar-refractivity contribution in [2.45, 2.75) is 30.5 Å². The van der Waals surface area contributed by atoms with Gasteiger partial charge >= 0.3 is 0 Å². The van der Waals surface area contributed by atoms with Crippen molar-refractivity contribution in [2.75, 3.05) is 18.5 Å². The summed E-state index contributed by atoms with van der Waals surface area (Å²) in [5, 5.41) is 20.8. The van der Waals surface area contributed by atoms with E-state index in [0.717, 1.165) is 11.3 Å². The molecule has 0 aliphatic heterocycles. The van der Waals surface area contributed by atoms with Crippen LogP contribution in [0.25, 0.3) is 0 Å². The molecule has 1 heterocycles. The van der Waals surface area contributed by atoms with E-state index in [2.05, 4.69) is 15.0 Å². The van der Waals surface area contributed by atoms with E-state index >= 15 is 0 Å². The van der Waals surface area contributed by atoms with Gasteiger partial charge in [-0.05, 0) is 13.8 Å². The molecule has 0 aromatic carbocycles. The first kappa shape index (κ1) is 17.0. The first-order valence-corrected chi connectivity index (χ1v) is 7.94. The first-order valence-electron chi connectivity index (χ1n) is 5.64. The number of hydrogen-bond acceptors (Lipinski definition) is 7. The van der Waals surface area contributed by atoms with Crippen LogP contribution in [-0.2, 0) is 14.8 Å². The molecule has 0 bridgehead atoms. The van der Waals surface area contributed by atoms with Crippen molar-refractivity contribution in [2.24, 2.45) is 0 Å². The maximum absolute atomic E-state index is 12.2. The number of aliphatic hydroxyl groups excluding tert-OH is 2. The Labute approximate surface area is 120 Å². The maximum Gasteiger partial charge on any atom is 0.252 e. The largest absolute Gasteiger partial charge is 0.394 e. The zero-order valence-electron chi connectivity index (χ0n) is 11.3. The van der Waals surface area contributed by atoms with Gasteiger partial charge in [-0.25, -0.2) is 13.4 Å². The molecule has 4 N–H and O–H groups in total. The number of nitrogens with zero attached hydrogens (tertiary/aromatic N) is 1. The highest BCUT2D eigenvalue weighted by molar-refractivity contribution is 7.91. The Morgan fingerprint density at radius 2 is 1.95 bits per heavy atom. The molecule has 10 heteroatoms. The van der Waals surface area contributed by atoms with Gasteiger partial charge in [-0.15, -0.1) is 0 Å². The van der Waals surface area contributed by atoms with Crippen LogP contribution in [0.5, 0.6) is 0 Å². The van der Waals surface area contributed by atoms with Crippen LogP contribution >= 0.6 is 11.3 Å². The minimum absolute atomic E-state index is 0.0747. The molecule has 114 valence electrons. The molecule has 1 amide bonds. The zero-order chi connectivity index (χ0) is 15.6. The standard InChI is InChI=1S/C10H17N3O5S2/c1-6-8(19-9(11-6)12-7(2)16)20(17,18)13-10(3,4-14)5-15/h13-15H,4-5H2,1-3H3,(H,11,12,16). The van der Waals surface area contributed by atoms with Gasteiger partial charge in [-0.3, -0.25) is 4.79 Å². The van der Waals surface area contributed by atoms with E-state index in [4.69, 9.17) is 10.2 Å². The summed E-state index contributed by atoms with van der Waals surface area (Å²) in [5.41, 5.74) is -1.15. The minimum Gasteiger partial charge on any atom is -0.394 e. The van der Waals surface area contributed by atoms with Gasteiger partial charge in [-0.2, -0.15) is 4.72 Å². The maximum atomic E-state index is 12.2. The van der Waals surface area contributed by atoms with Crippen LogP contribution in [0.4, 0.5) is 5.13 Å². The summed E-state index contributed by atoms with van der Waals surface area (Å²) in [6.45, 7) is 3.04. The third-order valence-electron chi connectivity index (χ3n) is 2.36. The second-order valence-corrected chi connectivity index (χ2v) is 7.43. The first-order chi connectivity index (χ1) is 9.13. The number of rotatable bonds is 6. The quantitative estimate of drug-likeness (QED) is 0.555. The molecule has 0 unspecified atom stereocenters. The fourth-order valence-electron chi connectivity index (χ4n) is 1.32. The molecule has 0 aliphatic carbocycles. The molecule has 0 fully saturated rings. The number of anilines is 1. The monoisotopic (exact) mass is 323 g/mol. The molecule has 0 spiro atoms. The van der Waals surface area contributed by atoms with E-state index in [0.29, 0.717) is 0 Å². The molecule has 0 saturated heterocycles. The number of aromatic nitrogens is 1. The smallest absolute Gasteiger partial charge is 0.252 e. The van der Waals surface area contributed by atoms with Crippen molar-refractivity contribution in [3.05, 3.63) is 5.69 Å². The summed E-state index contributed by atoms with van der Waals surface area (Å²) in [6.07, 6.45) is 0. The van der Waals surface area contributed by atoms with Gasteiger partial charge in [-0.1, -0.05) is 11.3 Å². The fourth-order valence-corrected chi connectivity index (χ4v) is 4.17. The summed E-state index contributed by atoms with van der Waals surface area (Å²) in [5.74, 6) is -0.355. The van der Waals surface area contributed by atoms with E-state index in [9.17, 15) is 13.2 Å². The number of carbonyl (C=O) groups is 1. The van der Waals surface area contributed by atoms with Crippen LogP contribution in [0, 0.1) is 6.92 Å². The van der Waals surface area contributed by atoms with Crippen molar-refractivity contribution in [1.82, 2.24) is 9.71 Å². The molecule has 0 aliphatic rings. The highest BCUT2D eigenvalue weighted by atomic mass is 32.2. The van der Waals surface area contributed by atoms with E-state index in [1.54, 1.807) is 0 Å². The van der Waals surface area contributed by atoms with E-state index in [-0.39, 0.29) is 20.9 Å². The molecule has 0 radical (unpaired) electrons. The molecular formula is C10H17N3O5S2. The van der Waals surface area contributed by atoms with Crippen LogP contribution < -0.4 is 10.0 Å². The lowest BCUT2D eigenvalue weighted by Crippen LogP contribution is -2.51. The number of aryl methyl sites for hydroxylation is 1. The normalized spacial score (nSPS) is 12.4. The summed E-state index contributed by atoms with van der Waals surface area (Å²) >= 11 is 0.800. The summed E-state index contributed by atoms with van der Waals surface area (Å²) in [6, 6.07) is 0. The average Bonchev–Trinajstić information content (AvgIpc) is 2.69. The van der Waals surface area contributed by atoms with E-state index < -0.39 is 28.8 Å². The highest BCUT2D eigenvalue weighted by Gasteiger charge is 2.32. The Balaban J connectivity index is 3.10. The lowest BCUT2D eigenvalue weighted by molar-refractivity contribution is -0.114. The molecule has 1 aromatic heterocycles. The highest BCUT2D eigenvalue weighted by Crippen LogP contribution is 2.27. The third kappa shape index (κ3) is 3.96. The Morgan fingerprint density at radius 3 is 2.40 bits per heavy atom. The number of amides is 1. The summed E-state index contributed by atoms with van der Waals surface area (Å²) in [7, 11) is -3.95. The topological polar surface area (TPSA) is 129 Å². The van der Waals surface area contributed by atoms with Crippen LogP contribution in [0.3, 0.4) is 0 Å². The van der Waals surface area contributed by atoms with Gasteiger partial charge in [0.05, 0.1) is 24.4 Å². The van der Waals surface area contributed by atoms with Gasteiger partial charge < -0.3 is 15.5 Å². The van der Waals surface area contributed by atoms with Gasteiger partial charge in [0.15, 0.2) is 9.34 Å². The number of thiazole rings is 1. The molecule has 0 saturated carbocycles. The number of sulfonamides is 1. The lowest BCUT2D eigenvalue weighted by atomic mass is 10.1. The zero-order valence-corrected chi connectivity index (χ0v) is 12.9. The second-order valence-electron chi connectivity index (χ2n) is 4.56. The average molecular weight is 323 g/mol. The Morgan fingerprint density at radius 1 is 1.40 bits per heavy atom. The number of aliphatic hydroxyl groups is 2. The predicted molar refractivity (Wildman–Crippen MR) is 74.1 cm³/mol. The van der Waals surface area contributed by atoms with Crippen LogP contribution in [0.1, 0.15) is 19.5 Å². The Kier molecular flexibility index (Phi) is 5.21. The molecule has 8 nitrogen and oxygen atoms in total. The Hall–Kier alpha value is -1.07. The second kappa shape index (κ2) is 6.14. The predicted octanol–water partition coefficient (Wildman–Crippen LogP) is -0.568. The van der Waals surface area contributed by atoms with Crippen molar-refractivity contribution in [1.29, 1.82) is 0 Å². The molecule has 0 atom stereocenters. The van der Waals surface area contributed by atoms with E-state index in [1.807, 2.05) is 0 Å². The number of carbonyl (C=O) groups excluding carboxylic acids is 1. The molecule has 1 rings (SSSR count). The SMILES string of the molecule is CC(=O)Nc1nc(C)c(S(=O)(=O)NC(C)(CO)CO)s1. The van der Waals surface area contributed by atoms with Gasteiger partial charge in [0.1, 0.15) is 0 Å². The number of nitrogens with one attached hydrogen (secondary N) is 2. The van der Waals surface area contributed by atoms with Gasteiger partial charge in [0.2, 0.25) is 5.91 Å². The van der Waals surface area contributed by atoms with Crippen LogP contribution in [0.2, 0.25) is 0 Å². The van der Waals surface area contributed by atoms with Crippen molar-refractivity contribution in [3.8, 4) is 0 Å². The van der Waals surface area contributed by atoms with E-state index in [1.165, 1.54) is 20.8 Å². The molecular weight excluding hydrogens is 306 g/mol. The molecule has 20 heavy (non-hydrogen) atoms. The van der Waals surface area contributed by atoms with Crippen molar-refractivity contribution in [3.63, 3.8) is 0 Å². The Bertz CT molecular complexity index is 592. The summed E-state index contributed by atoms with van der Waals surface area (Å²) < 4.78 is 26.6. The van der Waals surface area contributed by atoms with Crippen molar-refractivity contribution < 1.29 is 23.4 Å². The van der Waals surface area contributed by atoms with Gasteiger partial charge in [0, 0.05) is 6.92 Å². The van der Waals surface area contributed by atoms with Crippen LogP contribution in [0.15, 0.2) is 4.21 Å². The van der Waals surface area contributed by atoms with Gasteiger partial charge in [0.25, 0.3) is 10.0 Å². The molecule has 1 aromatic rings. The number of hydrogen-bond donors (Lipinski definition) is 4. The lowest BCUT2D eigenvalue weighted by Gasteiger charge is -2.25. The van der Waals surface area contributed by atoms with Crippen LogP contribution in [-0.4, -0.2) is 48.3 Å².